The minimum Gasteiger partial charge on any atom is -0.297 e. The van der Waals surface area contributed by atoms with Gasteiger partial charge < -0.3 is 0 Å². The van der Waals surface area contributed by atoms with Crippen LogP contribution in [0.15, 0.2) is 72.1 Å². The van der Waals surface area contributed by atoms with E-state index in [9.17, 15) is 0 Å². The predicted octanol–water partition coefficient (Wildman–Crippen LogP) is 4.00. The average Bonchev–Trinajstić information content (AvgIpc) is 3.50. The van der Waals surface area contributed by atoms with Crippen LogP contribution in [0.4, 0.5) is 0 Å². The number of hydrogen-bond donors (Lipinski definition) is 0. The first-order chi connectivity index (χ1) is 15.8. The van der Waals surface area contributed by atoms with Crippen LogP contribution >= 0.6 is 11.3 Å². The molecule has 0 bridgehead atoms. The molecule has 5 rings (SSSR count). The molecule has 4 aromatic rings. The number of hydrogen-bond acceptors (Lipinski definition) is 6. The van der Waals surface area contributed by atoms with Crippen molar-refractivity contribution in [2.24, 2.45) is 0 Å². The topological polar surface area (TPSA) is 50.1 Å². The zero-order chi connectivity index (χ0) is 21.8. The van der Waals surface area contributed by atoms with E-state index in [1.165, 1.54) is 21.6 Å². The summed E-state index contributed by atoms with van der Waals surface area (Å²) in [6.45, 7) is 7.86. The lowest BCUT2D eigenvalue weighted by atomic mass is 10.0. The molecular weight excluding hydrogens is 416 g/mol. The Labute approximate surface area is 193 Å². The maximum atomic E-state index is 4.51. The molecule has 0 radical (unpaired) electrons. The van der Waals surface area contributed by atoms with E-state index in [0.29, 0.717) is 6.54 Å². The highest BCUT2D eigenvalue weighted by atomic mass is 32.1. The Bertz CT molecular complexity index is 1100. The smallest absolute Gasteiger partial charge is 0.173 e. The molecule has 0 aliphatic carbocycles. The standard InChI is InChI=1S/C25H28N6S/c1-20-9-11-22(12-10-20)24(25-26-27-28-31(25)19-23-8-5-17-32-23)30-15-13-29(14-16-30)18-21-6-3-2-4-7-21/h2-12,17,24H,13-16,18-19H2,1H3/t24-/m1/s1. The first kappa shape index (κ1) is 21.0. The van der Waals surface area contributed by atoms with E-state index in [4.69, 9.17) is 0 Å². The van der Waals surface area contributed by atoms with Crippen molar-refractivity contribution in [3.8, 4) is 0 Å². The summed E-state index contributed by atoms with van der Waals surface area (Å²) in [6, 6.07) is 23.8. The SMILES string of the molecule is Cc1ccc([C@H](c2nnnn2Cc2cccs2)N2CCN(Cc3ccccc3)CC2)cc1. The number of tetrazole rings is 1. The molecule has 6 nitrogen and oxygen atoms in total. The molecule has 0 unspecified atom stereocenters. The van der Waals surface area contributed by atoms with Crippen LogP contribution in [0.2, 0.25) is 0 Å². The number of thiophene rings is 1. The molecule has 7 heteroatoms. The van der Waals surface area contributed by atoms with Gasteiger partial charge in [-0.25, -0.2) is 4.68 Å². The minimum atomic E-state index is 0.0458. The van der Waals surface area contributed by atoms with Gasteiger partial charge in [0.05, 0.1) is 12.6 Å². The van der Waals surface area contributed by atoms with E-state index < -0.39 is 0 Å². The third-order valence-corrected chi connectivity index (χ3v) is 6.97. The molecule has 164 valence electrons. The van der Waals surface area contributed by atoms with Gasteiger partial charge >= 0.3 is 0 Å². The van der Waals surface area contributed by atoms with E-state index in [0.717, 1.165) is 38.5 Å². The summed E-state index contributed by atoms with van der Waals surface area (Å²) in [5.74, 6) is 0.916. The van der Waals surface area contributed by atoms with E-state index in [1.54, 1.807) is 11.3 Å². The van der Waals surface area contributed by atoms with Crippen LogP contribution in [0.5, 0.6) is 0 Å². The molecule has 0 spiro atoms. The maximum absolute atomic E-state index is 4.51. The maximum Gasteiger partial charge on any atom is 0.173 e. The van der Waals surface area contributed by atoms with E-state index in [2.05, 4.69) is 104 Å². The van der Waals surface area contributed by atoms with Crippen molar-refractivity contribution in [1.29, 1.82) is 0 Å². The highest BCUT2D eigenvalue weighted by Crippen LogP contribution is 2.29. The Balaban J connectivity index is 1.37. The van der Waals surface area contributed by atoms with Gasteiger partial charge in [-0.05, 0) is 39.9 Å². The van der Waals surface area contributed by atoms with Crippen molar-refractivity contribution in [3.63, 3.8) is 0 Å². The minimum absolute atomic E-state index is 0.0458. The summed E-state index contributed by atoms with van der Waals surface area (Å²) in [7, 11) is 0. The second-order valence-electron chi connectivity index (χ2n) is 8.39. The van der Waals surface area contributed by atoms with Gasteiger partial charge in [-0.15, -0.1) is 16.4 Å². The fourth-order valence-corrected chi connectivity index (χ4v) is 5.05. The Morgan fingerprint density at radius 2 is 1.66 bits per heavy atom. The molecule has 2 aromatic heterocycles. The van der Waals surface area contributed by atoms with Crippen LogP contribution in [-0.4, -0.2) is 56.2 Å². The molecule has 1 aliphatic rings. The van der Waals surface area contributed by atoms with Gasteiger partial charge in [0.25, 0.3) is 0 Å². The van der Waals surface area contributed by atoms with Gasteiger partial charge in [-0.1, -0.05) is 66.2 Å². The zero-order valence-electron chi connectivity index (χ0n) is 18.3. The molecule has 3 heterocycles. The third-order valence-electron chi connectivity index (χ3n) is 6.10. The van der Waals surface area contributed by atoms with Gasteiger partial charge in [0.1, 0.15) is 0 Å². The van der Waals surface area contributed by atoms with Gasteiger partial charge in [0.2, 0.25) is 0 Å². The van der Waals surface area contributed by atoms with E-state index >= 15 is 0 Å². The van der Waals surface area contributed by atoms with Crippen molar-refractivity contribution in [1.82, 2.24) is 30.0 Å². The summed E-state index contributed by atoms with van der Waals surface area (Å²) >= 11 is 1.74. The number of piperazine rings is 1. The molecular formula is C25H28N6S. The molecule has 1 fully saturated rings. The summed E-state index contributed by atoms with van der Waals surface area (Å²) in [6.07, 6.45) is 0. The van der Waals surface area contributed by atoms with Crippen molar-refractivity contribution >= 4 is 11.3 Å². The fourth-order valence-electron chi connectivity index (χ4n) is 4.36. The van der Waals surface area contributed by atoms with Crippen LogP contribution in [0.25, 0.3) is 0 Å². The van der Waals surface area contributed by atoms with Gasteiger partial charge in [-0.3, -0.25) is 9.80 Å². The second kappa shape index (κ2) is 9.73. The Morgan fingerprint density at radius 1 is 0.875 bits per heavy atom. The largest absolute Gasteiger partial charge is 0.297 e. The van der Waals surface area contributed by atoms with E-state index in [1.807, 2.05) is 4.68 Å². The van der Waals surface area contributed by atoms with E-state index in [-0.39, 0.29) is 6.04 Å². The number of aromatic nitrogens is 4. The van der Waals surface area contributed by atoms with Crippen LogP contribution in [0, 0.1) is 6.92 Å². The summed E-state index contributed by atoms with van der Waals surface area (Å²) < 4.78 is 1.96. The average molecular weight is 445 g/mol. The third kappa shape index (κ3) is 4.80. The number of aryl methyl sites for hydroxylation is 1. The van der Waals surface area contributed by atoms with Gasteiger partial charge in [0.15, 0.2) is 5.82 Å². The molecule has 32 heavy (non-hydrogen) atoms. The lowest BCUT2D eigenvalue weighted by molar-refractivity contribution is 0.100. The Morgan fingerprint density at radius 3 is 2.38 bits per heavy atom. The lowest BCUT2D eigenvalue weighted by Gasteiger charge is -2.39. The number of benzene rings is 2. The van der Waals surface area contributed by atoms with Gasteiger partial charge in [-0.2, -0.15) is 0 Å². The van der Waals surface area contributed by atoms with Crippen LogP contribution in [0.3, 0.4) is 0 Å². The first-order valence-corrected chi connectivity index (χ1v) is 12.0. The Hall–Kier alpha value is -2.87. The summed E-state index contributed by atoms with van der Waals surface area (Å²) in [5.41, 5.74) is 3.88. The molecule has 0 saturated carbocycles. The Kier molecular flexibility index (Phi) is 6.39. The number of rotatable bonds is 7. The lowest BCUT2D eigenvalue weighted by Crippen LogP contribution is -2.48. The van der Waals surface area contributed by atoms with Crippen molar-refractivity contribution in [2.45, 2.75) is 26.1 Å². The van der Waals surface area contributed by atoms with Crippen LogP contribution in [-0.2, 0) is 13.1 Å². The summed E-state index contributed by atoms with van der Waals surface area (Å²) in [5, 5.41) is 15.0. The molecule has 1 saturated heterocycles. The second-order valence-corrected chi connectivity index (χ2v) is 9.42. The molecule has 0 amide bonds. The van der Waals surface area contributed by atoms with Crippen LogP contribution in [0.1, 0.15) is 33.4 Å². The normalized spacial score (nSPS) is 16.3. The highest BCUT2D eigenvalue weighted by Gasteiger charge is 2.30. The number of nitrogens with zero attached hydrogens (tertiary/aromatic N) is 6. The van der Waals surface area contributed by atoms with Crippen molar-refractivity contribution in [3.05, 3.63) is 99.5 Å². The van der Waals surface area contributed by atoms with Crippen molar-refractivity contribution < 1.29 is 0 Å². The molecule has 1 atom stereocenters. The zero-order valence-corrected chi connectivity index (χ0v) is 19.2. The highest BCUT2D eigenvalue weighted by molar-refractivity contribution is 7.09. The quantitative estimate of drug-likeness (QED) is 0.431. The summed E-state index contributed by atoms with van der Waals surface area (Å²) in [4.78, 5) is 6.32. The molecule has 2 aromatic carbocycles. The predicted molar refractivity (Wildman–Crippen MR) is 128 cm³/mol. The first-order valence-electron chi connectivity index (χ1n) is 11.1. The van der Waals surface area contributed by atoms with Crippen molar-refractivity contribution in [2.75, 3.05) is 26.2 Å². The molecule has 1 aliphatic heterocycles. The fraction of sp³-hybridized carbons (Fsp3) is 0.320. The van der Waals surface area contributed by atoms with Gasteiger partial charge in [0, 0.05) is 37.6 Å². The van der Waals surface area contributed by atoms with Crippen LogP contribution < -0.4 is 0 Å². The monoisotopic (exact) mass is 444 g/mol. The molecule has 0 N–H and O–H groups in total.